The highest BCUT2D eigenvalue weighted by Crippen LogP contribution is 2.22. The molecular weight excluding hydrogens is 390 g/mol. The van der Waals surface area contributed by atoms with Crippen LogP contribution < -0.4 is 5.32 Å². The van der Waals surface area contributed by atoms with Gasteiger partial charge in [-0.1, -0.05) is 18.2 Å². The largest absolute Gasteiger partial charge is 0.352 e. The van der Waals surface area contributed by atoms with Gasteiger partial charge in [-0.05, 0) is 37.6 Å². The molecule has 0 unspecified atom stereocenters. The lowest BCUT2D eigenvalue weighted by Crippen LogP contribution is -2.25. The van der Waals surface area contributed by atoms with Gasteiger partial charge in [-0.15, -0.1) is 10.2 Å². The van der Waals surface area contributed by atoms with Gasteiger partial charge in [0, 0.05) is 42.7 Å². The van der Waals surface area contributed by atoms with E-state index in [1.165, 1.54) is 0 Å². The molecule has 0 radical (unpaired) electrons. The van der Waals surface area contributed by atoms with Crippen LogP contribution in [0.2, 0.25) is 0 Å². The first-order valence-electron chi connectivity index (χ1n) is 10.2. The van der Waals surface area contributed by atoms with Crippen molar-refractivity contribution in [2.24, 2.45) is 0 Å². The summed E-state index contributed by atoms with van der Waals surface area (Å²) in [5, 5.41) is 11.3. The topological polar surface area (TPSA) is 101 Å². The Morgan fingerprint density at radius 2 is 2.03 bits per heavy atom. The fraction of sp³-hybridized carbons (Fsp3) is 0.174. The number of para-hydroxylation sites is 2. The van der Waals surface area contributed by atoms with E-state index in [0.717, 1.165) is 46.7 Å². The van der Waals surface area contributed by atoms with Crippen molar-refractivity contribution in [1.82, 2.24) is 34.9 Å². The van der Waals surface area contributed by atoms with Crippen LogP contribution >= 0.6 is 0 Å². The predicted molar refractivity (Wildman–Crippen MR) is 118 cm³/mol. The third kappa shape index (κ3) is 3.75. The standard InChI is InChI=1S/C23H21N7O/c1-15-28-29-22-18(12-17(14-30(15)22)16-6-4-10-24-13-16)23(31)25-11-5-9-21-26-19-7-2-3-8-20(19)27-21/h2-4,6-8,10,12-14H,5,9,11H2,1H3,(H,25,31)(H,26,27). The molecule has 8 nitrogen and oxygen atoms in total. The molecule has 8 heteroatoms. The number of H-pyrrole nitrogens is 1. The monoisotopic (exact) mass is 411 g/mol. The van der Waals surface area contributed by atoms with Crippen molar-refractivity contribution >= 4 is 22.6 Å². The molecule has 4 aromatic heterocycles. The SMILES string of the molecule is Cc1nnc2c(C(=O)NCCCc3nc4ccccc4[nH]3)cc(-c3cccnc3)cn12. The summed E-state index contributed by atoms with van der Waals surface area (Å²) in [5.41, 5.74) is 4.83. The van der Waals surface area contributed by atoms with Crippen LogP contribution in [0.5, 0.6) is 0 Å². The molecule has 5 rings (SSSR count). The normalized spacial score (nSPS) is 11.3. The number of hydrogen-bond donors (Lipinski definition) is 2. The van der Waals surface area contributed by atoms with Crippen molar-refractivity contribution in [1.29, 1.82) is 0 Å². The first-order chi connectivity index (χ1) is 15.2. The molecule has 4 heterocycles. The minimum atomic E-state index is -0.173. The van der Waals surface area contributed by atoms with Crippen LogP contribution in [-0.4, -0.2) is 42.0 Å². The summed E-state index contributed by atoms with van der Waals surface area (Å²) in [5.74, 6) is 1.47. The third-order valence-electron chi connectivity index (χ3n) is 5.23. The number of carbonyl (C=O) groups excluding carboxylic acids is 1. The summed E-state index contributed by atoms with van der Waals surface area (Å²) in [6.07, 6.45) is 6.96. The zero-order valence-corrected chi connectivity index (χ0v) is 17.0. The van der Waals surface area contributed by atoms with Crippen molar-refractivity contribution in [3.05, 3.63) is 78.3 Å². The molecule has 0 saturated carbocycles. The molecule has 154 valence electrons. The first-order valence-corrected chi connectivity index (χ1v) is 10.2. The Hall–Kier alpha value is -4.07. The van der Waals surface area contributed by atoms with Crippen LogP contribution in [0.4, 0.5) is 0 Å². The molecule has 0 spiro atoms. The van der Waals surface area contributed by atoms with Gasteiger partial charge in [-0.3, -0.25) is 14.2 Å². The number of hydrogen-bond acceptors (Lipinski definition) is 5. The summed E-state index contributed by atoms with van der Waals surface area (Å²) in [7, 11) is 0. The van der Waals surface area contributed by atoms with Crippen molar-refractivity contribution < 1.29 is 4.79 Å². The van der Waals surface area contributed by atoms with Crippen molar-refractivity contribution in [3.63, 3.8) is 0 Å². The van der Waals surface area contributed by atoms with E-state index in [4.69, 9.17) is 0 Å². The van der Waals surface area contributed by atoms with Gasteiger partial charge < -0.3 is 10.3 Å². The minimum absolute atomic E-state index is 0.173. The van der Waals surface area contributed by atoms with Gasteiger partial charge >= 0.3 is 0 Å². The Kier molecular flexibility index (Phi) is 4.87. The number of pyridine rings is 2. The van der Waals surface area contributed by atoms with Crippen LogP contribution in [0.25, 0.3) is 27.8 Å². The quantitative estimate of drug-likeness (QED) is 0.417. The van der Waals surface area contributed by atoms with Crippen LogP contribution in [-0.2, 0) is 6.42 Å². The van der Waals surface area contributed by atoms with Gasteiger partial charge in [0.1, 0.15) is 11.6 Å². The average Bonchev–Trinajstić information content (AvgIpc) is 3.39. The predicted octanol–water partition coefficient (Wildman–Crippen LogP) is 3.34. The van der Waals surface area contributed by atoms with Gasteiger partial charge in [0.25, 0.3) is 5.91 Å². The van der Waals surface area contributed by atoms with Crippen LogP contribution in [0, 0.1) is 6.92 Å². The van der Waals surface area contributed by atoms with E-state index in [1.54, 1.807) is 12.4 Å². The molecule has 1 amide bonds. The van der Waals surface area contributed by atoms with E-state index < -0.39 is 0 Å². The molecule has 0 aliphatic rings. The maximum Gasteiger partial charge on any atom is 0.255 e. The number of benzene rings is 1. The third-order valence-corrected chi connectivity index (χ3v) is 5.23. The Morgan fingerprint density at radius 1 is 1.13 bits per heavy atom. The highest BCUT2D eigenvalue weighted by Gasteiger charge is 2.16. The van der Waals surface area contributed by atoms with Gasteiger partial charge in [0.15, 0.2) is 5.65 Å². The summed E-state index contributed by atoms with van der Waals surface area (Å²) < 4.78 is 1.84. The van der Waals surface area contributed by atoms with E-state index in [2.05, 4.69) is 30.5 Å². The lowest BCUT2D eigenvalue weighted by Gasteiger charge is -2.09. The van der Waals surface area contributed by atoms with E-state index in [-0.39, 0.29) is 5.91 Å². The van der Waals surface area contributed by atoms with Crippen molar-refractivity contribution in [3.8, 4) is 11.1 Å². The molecule has 2 N–H and O–H groups in total. The van der Waals surface area contributed by atoms with E-state index in [0.29, 0.717) is 17.8 Å². The lowest BCUT2D eigenvalue weighted by molar-refractivity contribution is 0.0954. The molecule has 31 heavy (non-hydrogen) atoms. The fourth-order valence-corrected chi connectivity index (χ4v) is 3.64. The average molecular weight is 411 g/mol. The molecule has 0 atom stereocenters. The molecule has 0 aliphatic heterocycles. The van der Waals surface area contributed by atoms with Crippen LogP contribution in [0.3, 0.4) is 0 Å². The number of amides is 1. The number of aromatic amines is 1. The second-order valence-electron chi connectivity index (χ2n) is 7.39. The second-order valence-corrected chi connectivity index (χ2v) is 7.39. The Bertz CT molecular complexity index is 1340. The van der Waals surface area contributed by atoms with Gasteiger partial charge in [-0.2, -0.15) is 0 Å². The number of aryl methyl sites for hydroxylation is 2. The highest BCUT2D eigenvalue weighted by molar-refractivity contribution is 6.01. The number of fused-ring (bicyclic) bond motifs is 2. The second kappa shape index (κ2) is 7.98. The Balaban J connectivity index is 1.32. The van der Waals surface area contributed by atoms with Crippen molar-refractivity contribution in [2.75, 3.05) is 6.54 Å². The molecule has 0 bridgehead atoms. The lowest BCUT2D eigenvalue weighted by atomic mass is 10.1. The van der Waals surface area contributed by atoms with Gasteiger partial charge in [0.05, 0.1) is 16.6 Å². The first kappa shape index (κ1) is 18.9. The molecule has 0 saturated heterocycles. The summed E-state index contributed by atoms with van der Waals surface area (Å²) in [6.45, 7) is 2.40. The zero-order chi connectivity index (χ0) is 21.2. The molecule has 5 aromatic rings. The minimum Gasteiger partial charge on any atom is -0.352 e. The fourth-order valence-electron chi connectivity index (χ4n) is 3.64. The Morgan fingerprint density at radius 3 is 2.87 bits per heavy atom. The zero-order valence-electron chi connectivity index (χ0n) is 17.0. The van der Waals surface area contributed by atoms with Gasteiger partial charge in [-0.25, -0.2) is 4.98 Å². The van der Waals surface area contributed by atoms with Crippen LogP contribution in [0.15, 0.2) is 61.1 Å². The van der Waals surface area contributed by atoms with E-state index in [1.807, 2.05) is 60.0 Å². The number of aromatic nitrogens is 6. The molecule has 0 fully saturated rings. The van der Waals surface area contributed by atoms with Crippen LogP contribution in [0.1, 0.15) is 28.4 Å². The van der Waals surface area contributed by atoms with E-state index >= 15 is 0 Å². The maximum atomic E-state index is 13.0. The number of rotatable bonds is 6. The molecule has 0 aliphatic carbocycles. The van der Waals surface area contributed by atoms with Gasteiger partial charge in [0.2, 0.25) is 0 Å². The number of nitrogens with one attached hydrogen (secondary N) is 2. The maximum absolute atomic E-state index is 13.0. The number of nitrogens with zero attached hydrogens (tertiary/aromatic N) is 5. The Labute approximate surface area is 178 Å². The summed E-state index contributed by atoms with van der Waals surface area (Å²) >= 11 is 0. The number of imidazole rings is 1. The molecule has 1 aromatic carbocycles. The van der Waals surface area contributed by atoms with E-state index in [9.17, 15) is 4.79 Å². The van der Waals surface area contributed by atoms with Crippen molar-refractivity contribution in [2.45, 2.75) is 19.8 Å². The summed E-state index contributed by atoms with van der Waals surface area (Å²) in [6, 6.07) is 13.6. The summed E-state index contributed by atoms with van der Waals surface area (Å²) in [4.78, 5) is 25.1. The number of carbonyl (C=O) groups is 1. The molecular formula is C23H21N7O. The highest BCUT2D eigenvalue weighted by atomic mass is 16.1. The smallest absolute Gasteiger partial charge is 0.255 e.